The van der Waals surface area contributed by atoms with Crippen molar-refractivity contribution in [2.24, 2.45) is 23.2 Å². The predicted molar refractivity (Wildman–Crippen MR) is 76.6 cm³/mol. The van der Waals surface area contributed by atoms with E-state index in [0.29, 0.717) is 17.8 Å². The first-order chi connectivity index (χ1) is 11.0. The molecule has 6 nitrogen and oxygen atoms in total. The zero-order valence-corrected chi connectivity index (χ0v) is 13.7. The summed E-state index contributed by atoms with van der Waals surface area (Å²) < 4.78 is 62.4. The second-order valence-corrected chi connectivity index (χ2v) is 9.13. The van der Waals surface area contributed by atoms with E-state index in [0.717, 1.165) is 38.5 Å². The number of nitrogens with zero attached hydrogens (tertiary/aromatic N) is 1. The molecule has 0 radical (unpaired) electrons. The minimum Gasteiger partial charge on any atom is -0.772 e. The zero-order chi connectivity index (χ0) is 17.8. The van der Waals surface area contributed by atoms with Crippen LogP contribution < -0.4 is 0 Å². The monoisotopic (exact) mass is 370 g/mol. The van der Waals surface area contributed by atoms with E-state index in [1.807, 2.05) is 0 Å². The number of hydroxylamine groups is 1. The lowest BCUT2D eigenvalue weighted by Gasteiger charge is -2.55. The maximum Gasteiger partial charge on any atom is 0.510 e. The second-order valence-electron chi connectivity index (χ2n) is 7.31. The average molecular weight is 370 g/mol. The zero-order valence-electron chi connectivity index (χ0n) is 12.9. The van der Waals surface area contributed by atoms with E-state index < -0.39 is 44.5 Å². The van der Waals surface area contributed by atoms with Crippen LogP contribution in [0.25, 0.3) is 0 Å². The van der Waals surface area contributed by atoms with Crippen molar-refractivity contribution >= 4 is 16.0 Å². The van der Waals surface area contributed by atoms with Crippen LogP contribution in [0.4, 0.5) is 13.2 Å². The molecule has 0 N–H and O–H groups in total. The first-order valence-electron chi connectivity index (χ1n) is 7.97. The lowest BCUT2D eigenvalue weighted by molar-refractivity contribution is -0.171. The Bertz CT molecular complexity index is 583. The Hall–Kier alpha value is -0.870. The van der Waals surface area contributed by atoms with Gasteiger partial charge in [-0.3, -0.25) is 9.26 Å². The third-order valence-electron chi connectivity index (χ3n) is 5.54. The molecule has 0 saturated heterocycles. The Balaban J connectivity index is 1.55. The van der Waals surface area contributed by atoms with Gasteiger partial charge in [0.2, 0.25) is 0 Å². The van der Waals surface area contributed by atoms with Crippen LogP contribution in [-0.2, 0) is 19.6 Å². The van der Waals surface area contributed by atoms with E-state index in [9.17, 15) is 31.6 Å². The molecule has 0 amide bonds. The Morgan fingerprint density at radius 3 is 2.00 bits per heavy atom. The Kier molecular flexibility index (Phi) is 4.37. The molecule has 24 heavy (non-hydrogen) atoms. The van der Waals surface area contributed by atoms with Crippen molar-refractivity contribution in [2.45, 2.75) is 44.0 Å². The molecule has 0 aromatic heterocycles. The standard InChI is InChI=1S/C14H19F3NO5S/c15-14(16,17)24(21,22)18(20)1-2-23-12(19)13-6-9-3-10(7-13)5-11(4-9)8-13/h9-11H,1-8H2/q-1. The van der Waals surface area contributed by atoms with Crippen LogP contribution in [0.3, 0.4) is 0 Å². The number of ether oxygens (including phenoxy) is 1. The molecule has 0 atom stereocenters. The van der Waals surface area contributed by atoms with Gasteiger partial charge in [0, 0.05) is 6.54 Å². The molecule has 0 unspecified atom stereocenters. The van der Waals surface area contributed by atoms with Crippen molar-refractivity contribution in [2.75, 3.05) is 13.2 Å². The summed E-state index contributed by atoms with van der Waals surface area (Å²) >= 11 is 0. The number of esters is 1. The minimum absolute atomic E-state index is 0.491. The number of hydrogen-bond donors (Lipinski definition) is 0. The smallest absolute Gasteiger partial charge is 0.510 e. The summed E-state index contributed by atoms with van der Waals surface area (Å²) in [6.45, 7) is -1.72. The molecule has 4 fully saturated rings. The highest BCUT2D eigenvalue weighted by atomic mass is 32.2. The summed E-state index contributed by atoms with van der Waals surface area (Å²) in [5, 5.41) is 11.2. The van der Waals surface area contributed by atoms with Gasteiger partial charge in [0.05, 0.1) is 5.41 Å². The van der Waals surface area contributed by atoms with Gasteiger partial charge in [0.25, 0.3) is 0 Å². The van der Waals surface area contributed by atoms with Gasteiger partial charge in [-0.1, -0.05) is 0 Å². The van der Waals surface area contributed by atoms with Crippen molar-refractivity contribution < 1.29 is 31.1 Å². The molecule has 4 rings (SSSR count). The quantitative estimate of drug-likeness (QED) is 0.548. The fourth-order valence-electron chi connectivity index (χ4n) is 4.96. The summed E-state index contributed by atoms with van der Waals surface area (Å²) in [7, 11) is -5.93. The van der Waals surface area contributed by atoms with Gasteiger partial charge in [0.1, 0.15) is 6.61 Å². The van der Waals surface area contributed by atoms with Crippen molar-refractivity contribution in [1.29, 1.82) is 0 Å². The first kappa shape index (κ1) is 17.9. The fraction of sp³-hybridized carbons (Fsp3) is 0.929. The molecular weight excluding hydrogens is 351 g/mol. The third-order valence-corrected chi connectivity index (χ3v) is 6.84. The third kappa shape index (κ3) is 3.03. The van der Waals surface area contributed by atoms with E-state index in [2.05, 4.69) is 0 Å². The van der Waals surface area contributed by atoms with Gasteiger partial charge in [-0.2, -0.15) is 13.2 Å². The molecule has 0 spiro atoms. The minimum atomic E-state index is -5.93. The molecule has 0 heterocycles. The number of sulfonamides is 1. The SMILES string of the molecule is O=C(OCCN([O-])S(=O)(=O)C(F)(F)F)C12CC3CC(CC(C3)C1)C2. The number of carbonyl (C=O) groups is 1. The lowest BCUT2D eigenvalue weighted by Crippen LogP contribution is -2.51. The van der Waals surface area contributed by atoms with Crippen molar-refractivity contribution in [3.8, 4) is 0 Å². The summed E-state index contributed by atoms with van der Waals surface area (Å²) in [5.41, 5.74) is -6.25. The lowest BCUT2D eigenvalue weighted by atomic mass is 9.49. The van der Waals surface area contributed by atoms with E-state index in [-0.39, 0.29) is 0 Å². The summed E-state index contributed by atoms with van der Waals surface area (Å²) in [6.07, 6.45) is 5.51. The normalized spacial score (nSPS) is 35.5. The van der Waals surface area contributed by atoms with Crippen LogP contribution in [0, 0.1) is 28.4 Å². The van der Waals surface area contributed by atoms with Gasteiger partial charge in [0.15, 0.2) is 0 Å². The first-order valence-corrected chi connectivity index (χ1v) is 9.41. The molecule has 4 saturated carbocycles. The van der Waals surface area contributed by atoms with Gasteiger partial charge < -0.3 is 9.94 Å². The van der Waals surface area contributed by atoms with E-state index in [4.69, 9.17) is 4.74 Å². The molecular formula is C14H19F3NO5S-. The van der Waals surface area contributed by atoms with Crippen LogP contribution >= 0.6 is 0 Å². The summed E-state index contributed by atoms with van der Waals surface area (Å²) in [5.74, 6) is 0.973. The van der Waals surface area contributed by atoms with E-state index in [1.54, 1.807) is 0 Å². The largest absolute Gasteiger partial charge is 0.772 e. The predicted octanol–water partition coefficient (Wildman–Crippen LogP) is 2.40. The summed E-state index contributed by atoms with van der Waals surface area (Å²) in [6, 6.07) is 0. The number of hydrogen-bond acceptors (Lipinski definition) is 5. The number of alkyl halides is 3. The maximum absolute atomic E-state index is 12.4. The van der Waals surface area contributed by atoms with Crippen molar-refractivity contribution in [1.82, 2.24) is 4.47 Å². The molecule has 138 valence electrons. The molecule has 4 bridgehead atoms. The number of halogens is 3. The van der Waals surface area contributed by atoms with Crippen LogP contribution in [-0.4, -0.2) is 37.5 Å². The van der Waals surface area contributed by atoms with Gasteiger partial charge >= 0.3 is 21.5 Å². The molecule has 4 aliphatic rings. The molecule has 0 aromatic carbocycles. The Labute approximate surface area is 138 Å². The van der Waals surface area contributed by atoms with Gasteiger partial charge in [-0.15, -0.1) is 0 Å². The highest BCUT2D eigenvalue weighted by molar-refractivity contribution is 7.90. The van der Waals surface area contributed by atoms with Crippen LogP contribution in [0.1, 0.15) is 38.5 Å². The highest BCUT2D eigenvalue weighted by Crippen LogP contribution is 2.60. The second kappa shape index (κ2) is 5.84. The van der Waals surface area contributed by atoms with Gasteiger partial charge in [-0.25, -0.2) is 8.42 Å². The van der Waals surface area contributed by atoms with E-state index >= 15 is 0 Å². The van der Waals surface area contributed by atoms with Crippen LogP contribution in [0.15, 0.2) is 0 Å². The molecule has 0 aliphatic heterocycles. The molecule has 0 aromatic rings. The molecule has 10 heteroatoms. The Morgan fingerprint density at radius 1 is 1.12 bits per heavy atom. The Morgan fingerprint density at radius 2 is 1.58 bits per heavy atom. The average Bonchev–Trinajstić information content (AvgIpc) is 2.44. The number of rotatable bonds is 5. The van der Waals surface area contributed by atoms with E-state index in [1.165, 1.54) is 0 Å². The molecule has 4 aliphatic carbocycles. The maximum atomic E-state index is 12.4. The topological polar surface area (TPSA) is 86.7 Å². The highest BCUT2D eigenvalue weighted by Gasteiger charge is 2.55. The van der Waals surface area contributed by atoms with Crippen molar-refractivity contribution in [3.63, 3.8) is 0 Å². The fourth-order valence-corrected chi connectivity index (χ4v) is 5.51. The number of carbonyl (C=O) groups excluding carboxylic acids is 1. The van der Waals surface area contributed by atoms with Gasteiger partial charge in [-0.05, 0) is 56.3 Å². The van der Waals surface area contributed by atoms with Crippen LogP contribution in [0.5, 0.6) is 0 Å². The van der Waals surface area contributed by atoms with Crippen LogP contribution in [0.2, 0.25) is 0 Å². The van der Waals surface area contributed by atoms with Crippen molar-refractivity contribution in [3.05, 3.63) is 5.21 Å². The summed E-state index contributed by atoms with van der Waals surface area (Å²) in [4.78, 5) is 12.4.